The quantitative estimate of drug-likeness (QED) is 0.536. The molecule has 0 aliphatic heterocycles. The molecule has 0 aliphatic carbocycles. The number of halogens is 2. The highest BCUT2D eigenvalue weighted by Gasteiger charge is 2.14. The molecule has 0 radical (unpaired) electrons. The molecule has 3 aromatic heterocycles. The van der Waals surface area contributed by atoms with E-state index in [2.05, 4.69) is 31.2 Å². The molecule has 3 heterocycles. The maximum Gasteiger partial charge on any atom is 0.271 e. The third-order valence-corrected chi connectivity index (χ3v) is 5.32. The lowest BCUT2D eigenvalue weighted by molar-refractivity contribution is -0.116. The van der Waals surface area contributed by atoms with Crippen LogP contribution in [0.2, 0.25) is 0 Å². The van der Waals surface area contributed by atoms with Gasteiger partial charge in [0.25, 0.3) is 5.56 Å². The highest BCUT2D eigenvalue weighted by Crippen LogP contribution is 2.28. The topological polar surface area (TPSA) is 76.9 Å². The van der Waals surface area contributed by atoms with E-state index in [4.69, 9.17) is 0 Å². The Morgan fingerprint density at radius 1 is 1.31 bits per heavy atom. The van der Waals surface area contributed by atoms with E-state index in [1.165, 1.54) is 34.4 Å². The van der Waals surface area contributed by atoms with Crippen LogP contribution in [0.1, 0.15) is 0 Å². The van der Waals surface area contributed by atoms with E-state index in [0.717, 1.165) is 5.39 Å². The van der Waals surface area contributed by atoms with E-state index in [1.54, 1.807) is 18.3 Å². The Balaban J connectivity index is 1.64. The molecule has 6 nitrogen and oxygen atoms in total. The third kappa shape index (κ3) is 2.99. The van der Waals surface area contributed by atoms with Crippen molar-refractivity contribution in [2.75, 3.05) is 5.32 Å². The molecule has 130 valence electrons. The van der Waals surface area contributed by atoms with Crippen LogP contribution in [0.3, 0.4) is 0 Å². The number of thiophene rings is 1. The second-order valence-corrected chi connectivity index (χ2v) is 7.40. The molecule has 1 aromatic carbocycles. The van der Waals surface area contributed by atoms with Crippen molar-refractivity contribution in [1.29, 1.82) is 0 Å². The second-order valence-electron chi connectivity index (χ2n) is 5.49. The van der Waals surface area contributed by atoms with Crippen LogP contribution in [0.4, 0.5) is 10.1 Å². The molecule has 0 bridgehead atoms. The van der Waals surface area contributed by atoms with Gasteiger partial charge >= 0.3 is 0 Å². The number of pyridine rings is 1. The minimum Gasteiger partial charge on any atom is -0.322 e. The van der Waals surface area contributed by atoms with E-state index in [0.29, 0.717) is 19.5 Å². The number of anilines is 1. The second kappa shape index (κ2) is 6.58. The van der Waals surface area contributed by atoms with Crippen LogP contribution < -0.4 is 10.9 Å². The molecule has 4 aromatic rings. The molecule has 0 aliphatic rings. The Morgan fingerprint density at radius 3 is 2.96 bits per heavy atom. The molecule has 1 N–H and O–H groups in total. The first-order valence-electron chi connectivity index (χ1n) is 7.50. The van der Waals surface area contributed by atoms with Crippen molar-refractivity contribution in [3.8, 4) is 0 Å². The van der Waals surface area contributed by atoms with Crippen LogP contribution in [0.25, 0.3) is 20.4 Å². The molecule has 0 atom stereocenters. The molecule has 1 amide bonds. The number of carbonyl (C=O) groups is 1. The average molecular weight is 433 g/mol. The molecule has 0 spiro atoms. The van der Waals surface area contributed by atoms with Crippen molar-refractivity contribution in [2.45, 2.75) is 6.54 Å². The van der Waals surface area contributed by atoms with Crippen molar-refractivity contribution in [2.24, 2.45) is 0 Å². The molecule has 0 saturated carbocycles. The lowest BCUT2D eigenvalue weighted by atomic mass is 10.3. The number of carbonyl (C=O) groups excluding carboxylic acids is 1. The van der Waals surface area contributed by atoms with Crippen LogP contribution in [0.15, 0.2) is 52.1 Å². The van der Waals surface area contributed by atoms with Crippen LogP contribution >= 0.6 is 27.3 Å². The van der Waals surface area contributed by atoms with Crippen LogP contribution in [0.5, 0.6) is 0 Å². The summed E-state index contributed by atoms with van der Waals surface area (Å²) in [6.45, 7) is -0.265. The fourth-order valence-electron chi connectivity index (χ4n) is 2.55. The lowest BCUT2D eigenvalue weighted by Crippen LogP contribution is -2.27. The number of benzene rings is 1. The van der Waals surface area contributed by atoms with Crippen molar-refractivity contribution < 1.29 is 9.18 Å². The van der Waals surface area contributed by atoms with E-state index in [9.17, 15) is 14.0 Å². The monoisotopic (exact) mass is 432 g/mol. The fraction of sp³-hybridized carbons (Fsp3) is 0.0588. The maximum atomic E-state index is 13.8. The number of nitrogens with zero attached hydrogens (tertiary/aromatic N) is 3. The van der Waals surface area contributed by atoms with Gasteiger partial charge in [-0.1, -0.05) is 15.9 Å². The fourth-order valence-corrected chi connectivity index (χ4v) is 3.93. The van der Waals surface area contributed by atoms with Gasteiger partial charge in [-0.05, 0) is 30.3 Å². The Kier molecular flexibility index (Phi) is 4.25. The first-order chi connectivity index (χ1) is 12.5. The largest absolute Gasteiger partial charge is 0.322 e. The van der Waals surface area contributed by atoms with Crippen LogP contribution in [-0.4, -0.2) is 20.4 Å². The summed E-state index contributed by atoms with van der Waals surface area (Å²) in [6.07, 6.45) is 2.97. The predicted octanol–water partition coefficient (Wildman–Crippen LogP) is 3.55. The normalized spacial score (nSPS) is 11.2. The summed E-state index contributed by atoms with van der Waals surface area (Å²) in [6, 6.07) is 7.93. The van der Waals surface area contributed by atoms with Crippen LogP contribution in [-0.2, 0) is 11.3 Å². The zero-order valence-electron chi connectivity index (χ0n) is 13.1. The minimum atomic E-state index is -0.566. The first-order valence-corrected chi connectivity index (χ1v) is 9.11. The SMILES string of the molecule is O=C(Cn1cnc2c(sc3ncccc32)c1=O)Nc1ccc(Br)cc1F. The van der Waals surface area contributed by atoms with Gasteiger partial charge in [0.15, 0.2) is 0 Å². The Morgan fingerprint density at radius 2 is 2.15 bits per heavy atom. The zero-order chi connectivity index (χ0) is 18.3. The van der Waals surface area contributed by atoms with E-state index in [-0.39, 0.29) is 17.8 Å². The number of aromatic nitrogens is 3. The van der Waals surface area contributed by atoms with Gasteiger partial charge < -0.3 is 5.32 Å². The molecule has 0 unspecified atom stereocenters. The van der Waals surface area contributed by atoms with E-state index in [1.807, 2.05) is 6.07 Å². The van der Waals surface area contributed by atoms with Gasteiger partial charge in [0, 0.05) is 16.1 Å². The summed E-state index contributed by atoms with van der Waals surface area (Å²) in [5, 5.41) is 3.26. The highest BCUT2D eigenvalue weighted by atomic mass is 79.9. The summed E-state index contributed by atoms with van der Waals surface area (Å²) in [5.74, 6) is -1.09. The summed E-state index contributed by atoms with van der Waals surface area (Å²) in [5.41, 5.74) is 0.287. The van der Waals surface area contributed by atoms with Gasteiger partial charge in [-0.3, -0.25) is 14.2 Å². The minimum absolute atomic E-state index is 0.0475. The summed E-state index contributed by atoms with van der Waals surface area (Å²) in [7, 11) is 0. The van der Waals surface area contributed by atoms with E-state index >= 15 is 0 Å². The standard InChI is InChI=1S/C17H10BrFN4O2S/c18-9-3-4-12(11(19)6-9)22-13(24)7-23-8-21-14-10-2-1-5-20-16(10)26-15(14)17(23)25/h1-6,8H,7H2,(H,22,24). The molecular weight excluding hydrogens is 423 g/mol. The number of rotatable bonds is 3. The van der Waals surface area contributed by atoms with Gasteiger partial charge in [0.05, 0.1) is 17.5 Å². The van der Waals surface area contributed by atoms with Crippen molar-refractivity contribution in [3.05, 3.63) is 63.5 Å². The Bertz CT molecular complexity index is 1220. The highest BCUT2D eigenvalue weighted by molar-refractivity contribution is 9.10. The molecule has 26 heavy (non-hydrogen) atoms. The number of hydrogen-bond acceptors (Lipinski definition) is 5. The number of amides is 1. The van der Waals surface area contributed by atoms with Crippen molar-refractivity contribution in [1.82, 2.24) is 14.5 Å². The lowest BCUT2D eigenvalue weighted by Gasteiger charge is -2.08. The van der Waals surface area contributed by atoms with E-state index < -0.39 is 11.7 Å². The van der Waals surface area contributed by atoms with Crippen molar-refractivity contribution >= 4 is 59.3 Å². The molecule has 9 heteroatoms. The number of hydrogen-bond donors (Lipinski definition) is 1. The summed E-state index contributed by atoms with van der Waals surface area (Å²) < 4.78 is 16.0. The zero-order valence-corrected chi connectivity index (χ0v) is 15.5. The van der Waals surface area contributed by atoms with Gasteiger partial charge in [-0.2, -0.15) is 0 Å². The maximum absolute atomic E-state index is 13.8. The smallest absolute Gasteiger partial charge is 0.271 e. The van der Waals surface area contributed by atoms with Gasteiger partial charge in [0.2, 0.25) is 5.91 Å². The Labute approximate surface area is 158 Å². The molecular formula is C17H10BrFN4O2S. The molecule has 0 saturated heterocycles. The summed E-state index contributed by atoms with van der Waals surface area (Å²) >= 11 is 4.39. The third-order valence-electron chi connectivity index (χ3n) is 3.74. The number of fused-ring (bicyclic) bond motifs is 3. The number of nitrogens with one attached hydrogen (secondary N) is 1. The van der Waals surface area contributed by atoms with Gasteiger partial charge in [0.1, 0.15) is 21.9 Å². The molecule has 0 fully saturated rings. The Hall–Kier alpha value is -2.65. The molecule has 4 rings (SSSR count). The summed E-state index contributed by atoms with van der Waals surface area (Å²) in [4.78, 5) is 34.1. The average Bonchev–Trinajstić information content (AvgIpc) is 2.99. The first kappa shape index (κ1) is 16.8. The van der Waals surface area contributed by atoms with Crippen molar-refractivity contribution in [3.63, 3.8) is 0 Å². The van der Waals surface area contributed by atoms with Gasteiger partial charge in [-0.15, -0.1) is 11.3 Å². The van der Waals surface area contributed by atoms with Crippen LogP contribution in [0, 0.1) is 5.82 Å². The van der Waals surface area contributed by atoms with Gasteiger partial charge in [-0.25, -0.2) is 14.4 Å². The predicted molar refractivity (Wildman–Crippen MR) is 102 cm³/mol.